The lowest BCUT2D eigenvalue weighted by atomic mass is 10.1. The summed E-state index contributed by atoms with van der Waals surface area (Å²) < 4.78 is 5.16. The quantitative estimate of drug-likeness (QED) is 0.695. The zero-order valence-electron chi connectivity index (χ0n) is 8.84. The van der Waals surface area contributed by atoms with Gasteiger partial charge in [0.15, 0.2) is 0 Å². The number of nitrogens with zero attached hydrogens (tertiary/aromatic N) is 1. The number of rotatable bonds is 4. The highest BCUT2D eigenvalue weighted by atomic mass is 16.5. The minimum Gasteiger partial charge on any atom is -0.391 e. The second-order valence-corrected chi connectivity index (χ2v) is 3.79. The topological polar surface area (TPSA) is 24.5 Å². The summed E-state index contributed by atoms with van der Waals surface area (Å²) >= 11 is 0. The number of nitrogens with one attached hydrogen (secondary N) is 1. The molecule has 13 heavy (non-hydrogen) atoms. The van der Waals surface area contributed by atoms with Crippen molar-refractivity contribution < 1.29 is 4.74 Å². The molecule has 0 saturated carbocycles. The SMILES string of the molecule is C=C(NC)[C@@H]1C[C@@H](COC)CN1C. The number of ether oxygens (including phenoxy) is 1. The van der Waals surface area contributed by atoms with Crippen molar-refractivity contribution in [1.29, 1.82) is 0 Å². The Morgan fingerprint density at radius 2 is 2.38 bits per heavy atom. The van der Waals surface area contributed by atoms with Gasteiger partial charge in [-0.2, -0.15) is 0 Å². The first-order chi connectivity index (χ1) is 6.19. The number of hydrogen-bond acceptors (Lipinski definition) is 3. The number of methoxy groups -OCH3 is 1. The van der Waals surface area contributed by atoms with Gasteiger partial charge >= 0.3 is 0 Å². The lowest BCUT2D eigenvalue weighted by molar-refractivity contribution is 0.155. The second-order valence-electron chi connectivity index (χ2n) is 3.79. The standard InChI is InChI=1S/C10H20N2O/c1-8(11-2)10-5-9(7-13-4)6-12(10)3/h9-11H,1,5-7H2,2-4H3/t9-,10+/m1/s1. The van der Waals surface area contributed by atoms with E-state index in [0.29, 0.717) is 12.0 Å². The molecule has 0 radical (unpaired) electrons. The molecule has 2 atom stereocenters. The van der Waals surface area contributed by atoms with Gasteiger partial charge in [0.1, 0.15) is 0 Å². The average Bonchev–Trinajstić information content (AvgIpc) is 2.46. The van der Waals surface area contributed by atoms with Crippen LogP contribution in [-0.2, 0) is 4.74 Å². The van der Waals surface area contributed by atoms with Crippen molar-refractivity contribution in [1.82, 2.24) is 10.2 Å². The van der Waals surface area contributed by atoms with E-state index in [-0.39, 0.29) is 0 Å². The molecule has 0 aromatic carbocycles. The van der Waals surface area contributed by atoms with Crippen molar-refractivity contribution in [3.63, 3.8) is 0 Å². The predicted molar refractivity (Wildman–Crippen MR) is 54.6 cm³/mol. The summed E-state index contributed by atoms with van der Waals surface area (Å²) in [4.78, 5) is 2.34. The van der Waals surface area contributed by atoms with E-state index in [1.54, 1.807) is 7.11 Å². The van der Waals surface area contributed by atoms with Crippen molar-refractivity contribution in [2.24, 2.45) is 5.92 Å². The van der Waals surface area contributed by atoms with Crippen LogP contribution in [0.25, 0.3) is 0 Å². The Hall–Kier alpha value is -0.540. The van der Waals surface area contributed by atoms with Crippen LogP contribution in [0.15, 0.2) is 12.3 Å². The van der Waals surface area contributed by atoms with Gasteiger partial charge in [-0.25, -0.2) is 0 Å². The van der Waals surface area contributed by atoms with Crippen LogP contribution in [-0.4, -0.2) is 45.3 Å². The molecule has 3 heteroatoms. The van der Waals surface area contributed by atoms with Gasteiger partial charge in [-0.1, -0.05) is 6.58 Å². The minimum atomic E-state index is 0.477. The Balaban J connectivity index is 2.46. The lowest BCUT2D eigenvalue weighted by Gasteiger charge is -2.20. The average molecular weight is 184 g/mol. The van der Waals surface area contributed by atoms with E-state index in [0.717, 1.165) is 25.3 Å². The number of likely N-dealkylation sites (N-methyl/N-ethyl adjacent to an activating group) is 2. The molecular formula is C10H20N2O. The summed E-state index contributed by atoms with van der Waals surface area (Å²) in [6, 6.07) is 0.477. The van der Waals surface area contributed by atoms with Crippen LogP contribution in [0.3, 0.4) is 0 Å². The lowest BCUT2D eigenvalue weighted by Crippen LogP contribution is -2.31. The molecule has 1 N–H and O–H groups in total. The van der Waals surface area contributed by atoms with Crippen molar-refractivity contribution in [3.05, 3.63) is 12.3 Å². The van der Waals surface area contributed by atoms with Crippen LogP contribution < -0.4 is 5.32 Å². The molecule has 1 rings (SSSR count). The summed E-state index contributed by atoms with van der Waals surface area (Å²) in [7, 11) is 5.84. The molecule has 1 saturated heterocycles. The Morgan fingerprint density at radius 3 is 2.92 bits per heavy atom. The van der Waals surface area contributed by atoms with E-state index in [4.69, 9.17) is 4.74 Å². The van der Waals surface area contributed by atoms with Gasteiger partial charge in [0.2, 0.25) is 0 Å². The Bertz CT molecular complexity index is 182. The normalized spacial score (nSPS) is 29.2. The molecule has 3 nitrogen and oxygen atoms in total. The number of hydrogen-bond donors (Lipinski definition) is 1. The summed E-state index contributed by atoms with van der Waals surface area (Å²) in [6.45, 7) is 5.98. The molecule has 0 unspecified atom stereocenters. The van der Waals surface area contributed by atoms with Gasteiger partial charge in [-0.05, 0) is 19.4 Å². The molecule has 0 aromatic rings. The zero-order chi connectivity index (χ0) is 9.84. The van der Waals surface area contributed by atoms with Crippen LogP contribution in [0, 0.1) is 5.92 Å². The van der Waals surface area contributed by atoms with Crippen LogP contribution >= 0.6 is 0 Å². The summed E-state index contributed by atoms with van der Waals surface area (Å²) in [5.74, 6) is 0.658. The smallest absolute Gasteiger partial charge is 0.0503 e. The van der Waals surface area contributed by atoms with E-state index >= 15 is 0 Å². The van der Waals surface area contributed by atoms with Crippen LogP contribution in [0.2, 0.25) is 0 Å². The maximum Gasteiger partial charge on any atom is 0.0503 e. The molecule has 0 aliphatic carbocycles. The molecule has 0 spiro atoms. The predicted octanol–water partition coefficient (Wildman–Crippen LogP) is 0.686. The molecular weight excluding hydrogens is 164 g/mol. The molecule has 1 heterocycles. The first-order valence-electron chi connectivity index (χ1n) is 4.74. The third-order valence-corrected chi connectivity index (χ3v) is 2.76. The van der Waals surface area contributed by atoms with Gasteiger partial charge < -0.3 is 10.1 Å². The molecule has 1 aliphatic rings. The highest BCUT2D eigenvalue weighted by Crippen LogP contribution is 2.24. The maximum atomic E-state index is 5.16. The van der Waals surface area contributed by atoms with E-state index in [2.05, 4.69) is 23.8 Å². The van der Waals surface area contributed by atoms with E-state index in [1.165, 1.54) is 0 Å². The monoisotopic (exact) mass is 184 g/mol. The molecule has 76 valence electrons. The summed E-state index contributed by atoms with van der Waals surface area (Å²) in [6.07, 6.45) is 1.16. The molecule has 1 aliphatic heterocycles. The van der Waals surface area contributed by atoms with E-state index in [1.807, 2.05) is 7.05 Å². The molecule has 0 aromatic heterocycles. The fourth-order valence-electron chi connectivity index (χ4n) is 2.04. The van der Waals surface area contributed by atoms with Crippen molar-refractivity contribution in [3.8, 4) is 0 Å². The largest absolute Gasteiger partial charge is 0.391 e. The highest BCUT2D eigenvalue weighted by Gasteiger charge is 2.30. The van der Waals surface area contributed by atoms with E-state index in [9.17, 15) is 0 Å². The van der Waals surface area contributed by atoms with Gasteiger partial charge in [-0.3, -0.25) is 4.90 Å². The maximum absolute atomic E-state index is 5.16. The fourth-order valence-corrected chi connectivity index (χ4v) is 2.04. The van der Waals surface area contributed by atoms with Crippen molar-refractivity contribution in [2.75, 3.05) is 34.4 Å². The Kier molecular flexibility index (Phi) is 3.75. The van der Waals surface area contributed by atoms with Crippen molar-refractivity contribution >= 4 is 0 Å². The number of likely N-dealkylation sites (tertiary alicyclic amines) is 1. The third kappa shape index (κ3) is 2.45. The zero-order valence-corrected chi connectivity index (χ0v) is 8.84. The Labute approximate surface area is 80.8 Å². The van der Waals surface area contributed by atoms with Crippen LogP contribution in [0.1, 0.15) is 6.42 Å². The minimum absolute atomic E-state index is 0.477. The molecule has 1 fully saturated rings. The first kappa shape index (κ1) is 10.5. The Morgan fingerprint density at radius 1 is 1.69 bits per heavy atom. The summed E-state index contributed by atoms with van der Waals surface area (Å²) in [5, 5.41) is 3.12. The van der Waals surface area contributed by atoms with Gasteiger partial charge in [0.25, 0.3) is 0 Å². The second kappa shape index (κ2) is 4.63. The molecule has 0 amide bonds. The van der Waals surface area contributed by atoms with E-state index < -0.39 is 0 Å². The summed E-state index contributed by atoms with van der Waals surface area (Å²) in [5.41, 5.74) is 1.11. The van der Waals surface area contributed by atoms with Gasteiger partial charge in [0, 0.05) is 32.4 Å². The van der Waals surface area contributed by atoms with Gasteiger partial charge in [-0.15, -0.1) is 0 Å². The highest BCUT2D eigenvalue weighted by molar-refractivity contribution is 5.06. The third-order valence-electron chi connectivity index (χ3n) is 2.76. The van der Waals surface area contributed by atoms with Crippen LogP contribution in [0.4, 0.5) is 0 Å². The fraction of sp³-hybridized carbons (Fsp3) is 0.800. The molecule has 0 bridgehead atoms. The van der Waals surface area contributed by atoms with Crippen LogP contribution in [0.5, 0.6) is 0 Å². The van der Waals surface area contributed by atoms with Gasteiger partial charge in [0.05, 0.1) is 6.61 Å². The van der Waals surface area contributed by atoms with Crippen molar-refractivity contribution in [2.45, 2.75) is 12.5 Å². The first-order valence-corrected chi connectivity index (χ1v) is 4.74.